The number of carbonyl (C=O) groups is 1. The van der Waals surface area contributed by atoms with Crippen molar-refractivity contribution in [3.8, 4) is 6.07 Å². The number of rotatable bonds is 11. The molecule has 0 fully saturated rings. The molecule has 11 heteroatoms. The van der Waals surface area contributed by atoms with Crippen LogP contribution in [0.1, 0.15) is 51.7 Å². The van der Waals surface area contributed by atoms with Crippen molar-refractivity contribution in [2.24, 2.45) is 0 Å². The van der Waals surface area contributed by atoms with Crippen LogP contribution in [-0.2, 0) is 30.4 Å². The summed E-state index contributed by atoms with van der Waals surface area (Å²) in [6, 6.07) is 21.4. The standard InChI is InChI=1S/C32H30F3N5O2S/c1-2-42-30(41)25-13-15-27(16-14-25)38-31(43)39(21-26-6-3-4-8-29(26)32(33,34)35)17-5-7-28-19-37-22-40(28)20-24-11-9-23(18-36)10-12-24/h3-4,6,8-16,19,22H,2,5,7,17,20-21H2,1H3,(H,38,43). The summed E-state index contributed by atoms with van der Waals surface area (Å²) in [6.07, 6.45) is 0.214. The number of halogens is 3. The number of nitriles is 1. The average molecular weight is 606 g/mol. The van der Waals surface area contributed by atoms with Gasteiger partial charge in [0.1, 0.15) is 0 Å². The fourth-order valence-corrected chi connectivity index (χ4v) is 4.80. The second-order valence-corrected chi connectivity index (χ2v) is 10.1. The first kappa shape index (κ1) is 31.3. The first-order valence-electron chi connectivity index (χ1n) is 13.6. The van der Waals surface area contributed by atoms with Gasteiger partial charge in [0.05, 0.1) is 35.7 Å². The molecule has 0 aliphatic rings. The van der Waals surface area contributed by atoms with Gasteiger partial charge in [-0.15, -0.1) is 0 Å². The van der Waals surface area contributed by atoms with E-state index in [1.54, 1.807) is 66.8 Å². The van der Waals surface area contributed by atoms with Crippen LogP contribution in [0.2, 0.25) is 0 Å². The van der Waals surface area contributed by atoms with E-state index < -0.39 is 17.7 Å². The molecule has 0 atom stereocenters. The van der Waals surface area contributed by atoms with Crippen molar-refractivity contribution in [2.45, 2.75) is 39.0 Å². The predicted octanol–water partition coefficient (Wildman–Crippen LogP) is 6.83. The summed E-state index contributed by atoms with van der Waals surface area (Å²) in [4.78, 5) is 18.0. The Morgan fingerprint density at radius 2 is 1.81 bits per heavy atom. The van der Waals surface area contributed by atoms with Crippen molar-refractivity contribution >= 4 is 29.0 Å². The molecule has 0 aliphatic carbocycles. The Labute approximate surface area is 253 Å². The number of nitrogens with one attached hydrogen (secondary N) is 1. The number of aryl methyl sites for hydroxylation is 1. The molecule has 4 aromatic rings. The quantitative estimate of drug-likeness (QED) is 0.148. The highest BCUT2D eigenvalue weighted by Gasteiger charge is 2.33. The molecule has 0 amide bonds. The molecule has 0 saturated carbocycles. The third kappa shape index (κ3) is 8.66. The number of hydrogen-bond donors (Lipinski definition) is 1. The van der Waals surface area contributed by atoms with Crippen LogP contribution in [0.5, 0.6) is 0 Å². The molecule has 0 saturated heterocycles. The molecular weight excluding hydrogens is 575 g/mol. The molecule has 1 N–H and O–H groups in total. The predicted molar refractivity (Wildman–Crippen MR) is 161 cm³/mol. The molecular formula is C32H30F3N5O2S. The number of imidazole rings is 1. The van der Waals surface area contributed by atoms with Gasteiger partial charge < -0.3 is 19.5 Å². The van der Waals surface area contributed by atoms with Crippen LogP contribution < -0.4 is 5.32 Å². The number of alkyl halides is 3. The second kappa shape index (κ2) is 14.5. The third-order valence-electron chi connectivity index (χ3n) is 6.71. The van der Waals surface area contributed by atoms with Crippen molar-refractivity contribution in [1.29, 1.82) is 5.26 Å². The normalized spacial score (nSPS) is 11.0. The molecule has 0 unspecified atom stereocenters. The van der Waals surface area contributed by atoms with Gasteiger partial charge >= 0.3 is 12.1 Å². The van der Waals surface area contributed by atoms with Gasteiger partial charge in [-0.1, -0.05) is 30.3 Å². The number of anilines is 1. The maximum Gasteiger partial charge on any atom is 0.416 e. The van der Waals surface area contributed by atoms with Crippen molar-refractivity contribution in [2.75, 3.05) is 18.5 Å². The Morgan fingerprint density at radius 1 is 1.09 bits per heavy atom. The number of hydrogen-bond acceptors (Lipinski definition) is 5. The summed E-state index contributed by atoms with van der Waals surface area (Å²) in [5.41, 5.74) is 2.95. The highest BCUT2D eigenvalue weighted by molar-refractivity contribution is 7.80. The van der Waals surface area contributed by atoms with E-state index in [0.29, 0.717) is 42.7 Å². The van der Waals surface area contributed by atoms with E-state index in [2.05, 4.69) is 16.4 Å². The van der Waals surface area contributed by atoms with E-state index in [-0.39, 0.29) is 23.8 Å². The number of esters is 1. The van der Waals surface area contributed by atoms with E-state index in [4.69, 9.17) is 22.2 Å². The molecule has 3 aromatic carbocycles. The van der Waals surface area contributed by atoms with Crippen LogP contribution in [0, 0.1) is 11.3 Å². The van der Waals surface area contributed by atoms with E-state index in [1.807, 2.05) is 16.7 Å². The van der Waals surface area contributed by atoms with E-state index in [1.165, 1.54) is 12.1 Å². The number of aromatic nitrogens is 2. The number of nitrogens with zero attached hydrogens (tertiary/aromatic N) is 4. The summed E-state index contributed by atoms with van der Waals surface area (Å²) in [5, 5.41) is 12.4. The van der Waals surface area contributed by atoms with E-state index in [9.17, 15) is 18.0 Å². The average Bonchev–Trinajstić information content (AvgIpc) is 3.43. The van der Waals surface area contributed by atoms with Crippen LogP contribution in [-0.4, -0.2) is 38.7 Å². The van der Waals surface area contributed by atoms with Crippen molar-refractivity contribution in [1.82, 2.24) is 14.5 Å². The van der Waals surface area contributed by atoms with Crippen LogP contribution >= 0.6 is 12.2 Å². The first-order chi connectivity index (χ1) is 20.7. The minimum absolute atomic E-state index is 0.0487. The zero-order valence-corrected chi connectivity index (χ0v) is 24.3. The zero-order valence-electron chi connectivity index (χ0n) is 23.5. The maximum atomic E-state index is 13.8. The molecule has 7 nitrogen and oxygen atoms in total. The van der Waals surface area contributed by atoms with Gasteiger partial charge in [0.25, 0.3) is 0 Å². The molecule has 0 aliphatic heterocycles. The van der Waals surface area contributed by atoms with Gasteiger partial charge in [0.15, 0.2) is 5.11 Å². The van der Waals surface area contributed by atoms with Gasteiger partial charge in [-0.05, 0) is 85.6 Å². The fraction of sp³-hybridized carbons (Fsp3) is 0.250. The SMILES string of the molecule is CCOC(=O)c1ccc(NC(=S)N(CCCc2cncn2Cc2ccc(C#N)cc2)Cc2ccccc2C(F)(F)F)cc1. The van der Waals surface area contributed by atoms with Crippen LogP contribution in [0.4, 0.5) is 18.9 Å². The Bertz CT molecular complexity index is 1580. The molecule has 0 bridgehead atoms. The Hall–Kier alpha value is -4.69. The second-order valence-electron chi connectivity index (χ2n) is 9.73. The minimum Gasteiger partial charge on any atom is -0.462 e. The van der Waals surface area contributed by atoms with Crippen molar-refractivity contribution in [3.63, 3.8) is 0 Å². The molecule has 1 aromatic heterocycles. The summed E-state index contributed by atoms with van der Waals surface area (Å²) in [6.45, 7) is 2.88. The van der Waals surface area contributed by atoms with Crippen LogP contribution in [0.3, 0.4) is 0 Å². The number of thiocarbonyl (C=S) groups is 1. The van der Waals surface area contributed by atoms with Crippen molar-refractivity contribution < 1.29 is 22.7 Å². The third-order valence-corrected chi connectivity index (χ3v) is 7.07. The highest BCUT2D eigenvalue weighted by atomic mass is 32.1. The van der Waals surface area contributed by atoms with Gasteiger partial charge in [-0.3, -0.25) is 0 Å². The Balaban J connectivity index is 1.48. The molecule has 43 heavy (non-hydrogen) atoms. The lowest BCUT2D eigenvalue weighted by atomic mass is 10.1. The summed E-state index contributed by atoms with van der Waals surface area (Å²) in [5.74, 6) is -0.444. The lowest BCUT2D eigenvalue weighted by Gasteiger charge is -2.27. The Morgan fingerprint density at radius 3 is 2.49 bits per heavy atom. The van der Waals surface area contributed by atoms with Gasteiger partial charge in [-0.25, -0.2) is 9.78 Å². The molecule has 222 valence electrons. The summed E-state index contributed by atoms with van der Waals surface area (Å²) >= 11 is 5.67. The zero-order chi connectivity index (χ0) is 30.8. The van der Waals surface area contributed by atoms with Crippen LogP contribution in [0.15, 0.2) is 85.3 Å². The fourth-order valence-electron chi connectivity index (χ4n) is 4.53. The first-order valence-corrected chi connectivity index (χ1v) is 14.0. The van der Waals surface area contributed by atoms with Gasteiger partial charge in [0, 0.05) is 37.2 Å². The lowest BCUT2D eigenvalue weighted by molar-refractivity contribution is -0.138. The largest absolute Gasteiger partial charge is 0.462 e. The number of ether oxygens (including phenoxy) is 1. The summed E-state index contributed by atoms with van der Waals surface area (Å²) < 4.78 is 48.4. The van der Waals surface area contributed by atoms with Crippen molar-refractivity contribution in [3.05, 3.63) is 119 Å². The van der Waals surface area contributed by atoms with Gasteiger partial charge in [-0.2, -0.15) is 18.4 Å². The smallest absolute Gasteiger partial charge is 0.416 e. The number of carbonyl (C=O) groups excluding carboxylic acids is 1. The lowest BCUT2D eigenvalue weighted by Crippen LogP contribution is -2.36. The number of benzene rings is 3. The topological polar surface area (TPSA) is 83.2 Å². The van der Waals surface area contributed by atoms with Crippen LogP contribution in [0.25, 0.3) is 0 Å². The summed E-state index contributed by atoms with van der Waals surface area (Å²) in [7, 11) is 0. The van der Waals surface area contributed by atoms with Gasteiger partial charge in [0.2, 0.25) is 0 Å². The minimum atomic E-state index is -4.50. The highest BCUT2D eigenvalue weighted by Crippen LogP contribution is 2.32. The molecule has 1 heterocycles. The molecule has 0 spiro atoms. The molecule has 4 rings (SSSR count). The van der Waals surface area contributed by atoms with E-state index >= 15 is 0 Å². The monoisotopic (exact) mass is 605 g/mol. The van der Waals surface area contributed by atoms with E-state index in [0.717, 1.165) is 17.3 Å². The molecule has 0 radical (unpaired) electrons. The Kier molecular flexibility index (Phi) is 10.5. The maximum absolute atomic E-state index is 13.8.